The number of hydrogen-bond acceptors (Lipinski definition) is 1. The van der Waals surface area contributed by atoms with Crippen LogP contribution in [0.2, 0.25) is 0 Å². The van der Waals surface area contributed by atoms with E-state index in [2.05, 4.69) is 5.32 Å². The van der Waals surface area contributed by atoms with Gasteiger partial charge in [0.1, 0.15) is 0 Å². The van der Waals surface area contributed by atoms with Gasteiger partial charge in [-0.3, -0.25) is 0 Å². The van der Waals surface area contributed by atoms with Crippen molar-refractivity contribution in [2.75, 3.05) is 6.54 Å². The summed E-state index contributed by atoms with van der Waals surface area (Å²) in [5.41, 5.74) is 0. The lowest BCUT2D eigenvalue weighted by Gasteiger charge is -2.31. The lowest BCUT2D eigenvalue weighted by atomic mass is 9.91. The molecule has 0 amide bonds. The summed E-state index contributed by atoms with van der Waals surface area (Å²) in [5, 5.41) is 2.91. The molecule has 1 nitrogen and oxygen atoms in total. The van der Waals surface area contributed by atoms with E-state index in [0.29, 0.717) is 19.4 Å². The van der Waals surface area contributed by atoms with Crippen molar-refractivity contribution in [1.29, 1.82) is 0 Å². The van der Waals surface area contributed by atoms with Crippen molar-refractivity contribution >= 4 is 0 Å². The second-order valence-corrected chi connectivity index (χ2v) is 3.51. The number of halogens is 2. The van der Waals surface area contributed by atoms with E-state index in [0.717, 1.165) is 12.8 Å². The SMILES string of the molecule is CCCNC1CCCCC1(F)F. The minimum Gasteiger partial charge on any atom is -0.309 e. The van der Waals surface area contributed by atoms with Crippen LogP contribution < -0.4 is 5.32 Å². The number of alkyl halides is 2. The van der Waals surface area contributed by atoms with E-state index >= 15 is 0 Å². The van der Waals surface area contributed by atoms with E-state index in [1.807, 2.05) is 6.92 Å². The molecule has 1 N–H and O–H groups in total. The van der Waals surface area contributed by atoms with Crippen LogP contribution in [-0.4, -0.2) is 18.5 Å². The van der Waals surface area contributed by atoms with Crippen molar-refractivity contribution < 1.29 is 8.78 Å². The molecule has 3 heteroatoms. The van der Waals surface area contributed by atoms with Crippen molar-refractivity contribution in [3.8, 4) is 0 Å². The molecule has 0 bridgehead atoms. The maximum absolute atomic E-state index is 13.1. The second kappa shape index (κ2) is 4.17. The van der Waals surface area contributed by atoms with Gasteiger partial charge in [0.2, 0.25) is 0 Å². The molecule has 0 aromatic rings. The third kappa shape index (κ3) is 2.41. The van der Waals surface area contributed by atoms with Gasteiger partial charge in [-0.2, -0.15) is 0 Å². The topological polar surface area (TPSA) is 12.0 Å². The molecule has 1 rings (SSSR count). The Morgan fingerprint density at radius 3 is 2.75 bits per heavy atom. The van der Waals surface area contributed by atoms with Crippen LogP contribution in [0.3, 0.4) is 0 Å². The van der Waals surface area contributed by atoms with Crippen LogP contribution in [0.15, 0.2) is 0 Å². The Labute approximate surface area is 72.5 Å². The fraction of sp³-hybridized carbons (Fsp3) is 1.00. The number of nitrogens with one attached hydrogen (secondary N) is 1. The fourth-order valence-corrected chi connectivity index (χ4v) is 1.66. The summed E-state index contributed by atoms with van der Waals surface area (Å²) in [6, 6.07) is -0.564. The predicted molar refractivity (Wildman–Crippen MR) is 45.5 cm³/mol. The summed E-state index contributed by atoms with van der Waals surface area (Å²) >= 11 is 0. The standard InChI is InChI=1S/C9H17F2N/c1-2-7-12-8-5-3-4-6-9(8,10)11/h8,12H,2-7H2,1H3. The molecule has 0 aliphatic heterocycles. The lowest BCUT2D eigenvalue weighted by Crippen LogP contribution is -2.47. The maximum Gasteiger partial charge on any atom is 0.263 e. The Balaban J connectivity index is 2.37. The first-order valence-corrected chi connectivity index (χ1v) is 4.78. The molecule has 0 saturated heterocycles. The average Bonchev–Trinajstić information content (AvgIpc) is 2.02. The molecule has 0 heterocycles. The summed E-state index contributed by atoms with van der Waals surface area (Å²) in [4.78, 5) is 0. The Morgan fingerprint density at radius 1 is 1.42 bits per heavy atom. The van der Waals surface area contributed by atoms with Crippen LogP contribution >= 0.6 is 0 Å². The zero-order valence-electron chi connectivity index (χ0n) is 7.58. The molecule has 1 aliphatic rings. The highest BCUT2D eigenvalue weighted by molar-refractivity contribution is 4.86. The number of rotatable bonds is 3. The summed E-state index contributed by atoms with van der Waals surface area (Å²) in [6.45, 7) is 2.70. The third-order valence-corrected chi connectivity index (χ3v) is 2.40. The molecule has 1 saturated carbocycles. The number of hydrogen-bond donors (Lipinski definition) is 1. The molecule has 0 aromatic carbocycles. The Bertz CT molecular complexity index is 136. The average molecular weight is 177 g/mol. The van der Waals surface area contributed by atoms with E-state index in [1.165, 1.54) is 0 Å². The van der Waals surface area contributed by atoms with Gasteiger partial charge in [-0.25, -0.2) is 8.78 Å². The molecule has 1 atom stereocenters. The second-order valence-electron chi connectivity index (χ2n) is 3.51. The smallest absolute Gasteiger partial charge is 0.263 e. The first kappa shape index (κ1) is 9.90. The molecular formula is C9H17F2N. The van der Waals surface area contributed by atoms with Crippen molar-refractivity contribution in [1.82, 2.24) is 5.32 Å². The van der Waals surface area contributed by atoms with Crippen LogP contribution in [0.25, 0.3) is 0 Å². The van der Waals surface area contributed by atoms with Gasteiger partial charge in [0.05, 0.1) is 6.04 Å². The largest absolute Gasteiger partial charge is 0.309 e. The van der Waals surface area contributed by atoms with Crippen LogP contribution in [0.4, 0.5) is 8.78 Å². The van der Waals surface area contributed by atoms with Gasteiger partial charge in [-0.05, 0) is 25.8 Å². The predicted octanol–water partition coefficient (Wildman–Crippen LogP) is 2.56. The Hall–Kier alpha value is -0.180. The summed E-state index contributed by atoms with van der Waals surface area (Å²) in [5.74, 6) is -2.46. The summed E-state index contributed by atoms with van der Waals surface area (Å²) in [7, 11) is 0. The quantitative estimate of drug-likeness (QED) is 0.698. The zero-order chi connectivity index (χ0) is 9.03. The zero-order valence-corrected chi connectivity index (χ0v) is 7.58. The molecular weight excluding hydrogens is 160 g/mol. The van der Waals surface area contributed by atoms with Gasteiger partial charge in [-0.1, -0.05) is 13.3 Å². The molecule has 1 aliphatic carbocycles. The van der Waals surface area contributed by atoms with Gasteiger partial charge < -0.3 is 5.32 Å². The van der Waals surface area contributed by atoms with E-state index in [9.17, 15) is 8.78 Å². The van der Waals surface area contributed by atoms with Gasteiger partial charge in [0.25, 0.3) is 5.92 Å². The first-order chi connectivity index (χ1) is 5.67. The lowest BCUT2D eigenvalue weighted by molar-refractivity contribution is -0.0633. The molecule has 0 spiro atoms. The van der Waals surface area contributed by atoms with Crippen molar-refractivity contribution in [2.24, 2.45) is 0 Å². The minimum absolute atomic E-state index is 0.0639. The minimum atomic E-state index is -2.46. The maximum atomic E-state index is 13.1. The van der Waals surface area contributed by atoms with Crippen LogP contribution in [0, 0.1) is 0 Å². The van der Waals surface area contributed by atoms with Gasteiger partial charge in [0, 0.05) is 6.42 Å². The third-order valence-electron chi connectivity index (χ3n) is 2.40. The van der Waals surface area contributed by atoms with Crippen LogP contribution in [-0.2, 0) is 0 Å². The van der Waals surface area contributed by atoms with E-state index in [4.69, 9.17) is 0 Å². The molecule has 1 unspecified atom stereocenters. The first-order valence-electron chi connectivity index (χ1n) is 4.78. The van der Waals surface area contributed by atoms with Gasteiger partial charge in [0.15, 0.2) is 0 Å². The monoisotopic (exact) mass is 177 g/mol. The van der Waals surface area contributed by atoms with Gasteiger partial charge in [-0.15, -0.1) is 0 Å². The van der Waals surface area contributed by atoms with Crippen molar-refractivity contribution in [3.05, 3.63) is 0 Å². The highest BCUT2D eigenvalue weighted by Gasteiger charge is 2.40. The van der Waals surface area contributed by atoms with Crippen LogP contribution in [0.5, 0.6) is 0 Å². The fourth-order valence-electron chi connectivity index (χ4n) is 1.66. The van der Waals surface area contributed by atoms with Crippen LogP contribution in [0.1, 0.15) is 39.0 Å². The normalized spacial score (nSPS) is 28.8. The Morgan fingerprint density at radius 2 is 2.17 bits per heavy atom. The summed E-state index contributed by atoms with van der Waals surface area (Å²) in [6.07, 6.45) is 3.24. The van der Waals surface area contributed by atoms with Gasteiger partial charge >= 0.3 is 0 Å². The molecule has 72 valence electrons. The molecule has 0 aromatic heterocycles. The van der Waals surface area contributed by atoms with E-state index in [1.54, 1.807) is 0 Å². The highest BCUT2D eigenvalue weighted by Crippen LogP contribution is 2.33. The molecule has 1 fully saturated rings. The van der Waals surface area contributed by atoms with E-state index < -0.39 is 12.0 Å². The molecule has 0 radical (unpaired) electrons. The van der Waals surface area contributed by atoms with E-state index in [-0.39, 0.29) is 6.42 Å². The summed E-state index contributed by atoms with van der Waals surface area (Å²) < 4.78 is 26.3. The van der Waals surface area contributed by atoms with Crippen molar-refractivity contribution in [3.63, 3.8) is 0 Å². The van der Waals surface area contributed by atoms with Crippen molar-refractivity contribution in [2.45, 2.75) is 51.0 Å². The molecule has 12 heavy (non-hydrogen) atoms. The highest BCUT2D eigenvalue weighted by atomic mass is 19.3. The Kier molecular flexibility index (Phi) is 3.44.